The van der Waals surface area contributed by atoms with Gasteiger partial charge in [0.25, 0.3) is 5.91 Å². The molecule has 1 atom stereocenters. The first-order valence-corrected chi connectivity index (χ1v) is 7.86. The summed E-state index contributed by atoms with van der Waals surface area (Å²) in [6.45, 7) is 1.66. The molecule has 0 spiro atoms. The number of carbonyl (C=O) groups is 1. The molecule has 1 unspecified atom stereocenters. The van der Waals surface area contributed by atoms with Crippen LogP contribution in [-0.2, 0) is 9.84 Å². The smallest absolute Gasteiger partial charge is 0.254 e. The second kappa shape index (κ2) is 4.92. The van der Waals surface area contributed by atoms with Gasteiger partial charge in [0.2, 0.25) is 0 Å². The van der Waals surface area contributed by atoms with Gasteiger partial charge in [0.15, 0.2) is 9.84 Å². The molecule has 1 heterocycles. The van der Waals surface area contributed by atoms with Crippen molar-refractivity contribution in [3.05, 3.63) is 35.1 Å². The van der Waals surface area contributed by atoms with Gasteiger partial charge in [-0.25, -0.2) is 12.8 Å². The van der Waals surface area contributed by atoms with E-state index >= 15 is 0 Å². The Labute approximate surface area is 112 Å². The summed E-state index contributed by atoms with van der Waals surface area (Å²) < 4.78 is 35.9. The number of aryl methyl sites for hydroxylation is 1. The Morgan fingerprint density at radius 3 is 2.63 bits per heavy atom. The highest BCUT2D eigenvalue weighted by Crippen LogP contribution is 2.20. The number of rotatable bonds is 2. The van der Waals surface area contributed by atoms with Crippen molar-refractivity contribution >= 4 is 15.7 Å². The number of halogens is 1. The second-order valence-electron chi connectivity index (χ2n) is 4.93. The quantitative estimate of drug-likeness (QED) is 0.825. The Hall–Kier alpha value is -1.43. The van der Waals surface area contributed by atoms with E-state index in [0.717, 1.165) is 0 Å². The molecule has 1 amide bonds. The van der Waals surface area contributed by atoms with Gasteiger partial charge in [0.1, 0.15) is 5.82 Å². The summed E-state index contributed by atoms with van der Waals surface area (Å²) in [6, 6.07) is 3.68. The van der Waals surface area contributed by atoms with Crippen LogP contribution in [0.3, 0.4) is 0 Å². The van der Waals surface area contributed by atoms with Gasteiger partial charge in [-0.3, -0.25) is 4.79 Å². The van der Waals surface area contributed by atoms with Gasteiger partial charge in [-0.15, -0.1) is 0 Å². The fourth-order valence-corrected chi connectivity index (χ4v) is 4.08. The SMILES string of the molecule is Cc1cc(F)ccc1C(=O)N(C)C1CCS(=O)(=O)C1. The lowest BCUT2D eigenvalue weighted by Crippen LogP contribution is -2.38. The van der Waals surface area contributed by atoms with Crippen molar-refractivity contribution in [1.82, 2.24) is 4.90 Å². The number of benzene rings is 1. The largest absolute Gasteiger partial charge is 0.338 e. The maximum absolute atomic E-state index is 13.0. The monoisotopic (exact) mass is 285 g/mol. The Balaban J connectivity index is 2.20. The lowest BCUT2D eigenvalue weighted by atomic mass is 10.1. The molecule has 1 saturated heterocycles. The number of nitrogens with zero attached hydrogens (tertiary/aromatic N) is 1. The van der Waals surface area contributed by atoms with Crippen LogP contribution < -0.4 is 0 Å². The third-order valence-electron chi connectivity index (χ3n) is 3.50. The van der Waals surface area contributed by atoms with E-state index in [4.69, 9.17) is 0 Å². The van der Waals surface area contributed by atoms with E-state index < -0.39 is 9.84 Å². The van der Waals surface area contributed by atoms with Crippen molar-refractivity contribution < 1.29 is 17.6 Å². The molecule has 1 aromatic rings. The minimum Gasteiger partial charge on any atom is -0.338 e. The highest BCUT2D eigenvalue weighted by molar-refractivity contribution is 7.91. The second-order valence-corrected chi connectivity index (χ2v) is 7.16. The van der Waals surface area contributed by atoms with E-state index in [1.807, 2.05) is 0 Å². The summed E-state index contributed by atoms with van der Waals surface area (Å²) in [5.41, 5.74) is 0.964. The van der Waals surface area contributed by atoms with Crippen LogP contribution in [0.1, 0.15) is 22.3 Å². The van der Waals surface area contributed by atoms with Crippen molar-refractivity contribution in [3.63, 3.8) is 0 Å². The first kappa shape index (κ1) is 14.0. The predicted octanol–water partition coefficient (Wildman–Crippen LogP) is 1.39. The zero-order chi connectivity index (χ0) is 14.2. The number of sulfone groups is 1. The van der Waals surface area contributed by atoms with Gasteiger partial charge < -0.3 is 4.90 Å². The molecule has 0 N–H and O–H groups in total. The summed E-state index contributed by atoms with van der Waals surface area (Å²) >= 11 is 0. The third kappa shape index (κ3) is 2.94. The van der Waals surface area contributed by atoms with Crippen molar-refractivity contribution in [1.29, 1.82) is 0 Å². The van der Waals surface area contributed by atoms with Crippen molar-refractivity contribution in [3.8, 4) is 0 Å². The molecule has 0 bridgehead atoms. The van der Waals surface area contributed by atoms with Gasteiger partial charge in [-0.05, 0) is 37.1 Å². The minimum atomic E-state index is -3.03. The summed E-state index contributed by atoms with van der Waals surface area (Å²) in [5.74, 6) is -0.521. The van der Waals surface area contributed by atoms with E-state index in [2.05, 4.69) is 0 Å². The summed E-state index contributed by atoms with van der Waals surface area (Å²) in [4.78, 5) is 13.7. The number of carbonyl (C=O) groups excluding carboxylic acids is 1. The van der Waals surface area contributed by atoms with E-state index in [0.29, 0.717) is 17.5 Å². The predicted molar refractivity (Wildman–Crippen MR) is 70.3 cm³/mol. The summed E-state index contributed by atoms with van der Waals surface area (Å²) in [5, 5.41) is 0. The van der Waals surface area contributed by atoms with Crippen molar-refractivity contribution in [2.75, 3.05) is 18.6 Å². The maximum atomic E-state index is 13.0. The van der Waals surface area contributed by atoms with Gasteiger partial charge in [0, 0.05) is 18.7 Å². The highest BCUT2D eigenvalue weighted by atomic mass is 32.2. The average Bonchev–Trinajstić information content (AvgIpc) is 2.68. The first-order chi connectivity index (χ1) is 8.80. The molecule has 6 heteroatoms. The molecule has 1 fully saturated rings. The molecule has 1 aliphatic heterocycles. The fourth-order valence-electron chi connectivity index (χ4n) is 2.30. The van der Waals surface area contributed by atoms with Crippen LogP contribution in [-0.4, -0.2) is 43.8 Å². The normalized spacial score (nSPS) is 21.3. The molecule has 104 valence electrons. The van der Waals surface area contributed by atoms with Gasteiger partial charge in [-0.2, -0.15) is 0 Å². The van der Waals surface area contributed by atoms with Crippen LogP contribution in [0.4, 0.5) is 4.39 Å². The van der Waals surface area contributed by atoms with E-state index in [1.165, 1.54) is 23.1 Å². The molecule has 0 radical (unpaired) electrons. The van der Waals surface area contributed by atoms with Crippen LogP contribution in [0.5, 0.6) is 0 Å². The lowest BCUT2D eigenvalue weighted by molar-refractivity contribution is 0.0747. The van der Waals surface area contributed by atoms with E-state index in [9.17, 15) is 17.6 Å². The van der Waals surface area contributed by atoms with Crippen LogP contribution in [0, 0.1) is 12.7 Å². The molecule has 1 aromatic carbocycles. The Bertz CT molecular complexity index is 612. The summed E-state index contributed by atoms with van der Waals surface area (Å²) in [6.07, 6.45) is 0.463. The standard InChI is InChI=1S/C13H16FNO3S/c1-9-7-10(14)3-4-12(9)13(16)15(2)11-5-6-19(17,18)8-11/h3-4,7,11H,5-6,8H2,1-2H3. The molecular weight excluding hydrogens is 269 g/mol. The van der Waals surface area contributed by atoms with Crippen LogP contribution >= 0.6 is 0 Å². The van der Waals surface area contributed by atoms with Crippen LogP contribution in [0.2, 0.25) is 0 Å². The van der Waals surface area contributed by atoms with Gasteiger partial charge >= 0.3 is 0 Å². The topological polar surface area (TPSA) is 54.5 Å². The maximum Gasteiger partial charge on any atom is 0.254 e. The van der Waals surface area contributed by atoms with E-state index in [-0.39, 0.29) is 29.3 Å². The highest BCUT2D eigenvalue weighted by Gasteiger charge is 2.33. The molecule has 1 aliphatic rings. The molecule has 0 aliphatic carbocycles. The molecule has 2 rings (SSSR count). The molecular formula is C13H16FNO3S. The van der Waals surface area contributed by atoms with Gasteiger partial charge in [-0.1, -0.05) is 0 Å². The zero-order valence-electron chi connectivity index (χ0n) is 10.9. The van der Waals surface area contributed by atoms with Gasteiger partial charge in [0.05, 0.1) is 11.5 Å². The average molecular weight is 285 g/mol. The van der Waals surface area contributed by atoms with E-state index in [1.54, 1.807) is 14.0 Å². The molecule has 4 nitrogen and oxygen atoms in total. The number of amides is 1. The molecule has 19 heavy (non-hydrogen) atoms. The van der Waals surface area contributed by atoms with Crippen molar-refractivity contribution in [2.45, 2.75) is 19.4 Å². The number of hydrogen-bond acceptors (Lipinski definition) is 3. The third-order valence-corrected chi connectivity index (χ3v) is 5.25. The first-order valence-electron chi connectivity index (χ1n) is 6.04. The fraction of sp³-hybridized carbons (Fsp3) is 0.462. The Morgan fingerprint density at radius 1 is 1.42 bits per heavy atom. The Morgan fingerprint density at radius 2 is 2.11 bits per heavy atom. The minimum absolute atomic E-state index is 0.00941. The van der Waals surface area contributed by atoms with Crippen LogP contribution in [0.25, 0.3) is 0 Å². The van der Waals surface area contributed by atoms with Crippen molar-refractivity contribution in [2.24, 2.45) is 0 Å². The molecule has 0 saturated carbocycles. The zero-order valence-corrected chi connectivity index (χ0v) is 11.7. The van der Waals surface area contributed by atoms with Crippen LogP contribution in [0.15, 0.2) is 18.2 Å². The lowest BCUT2D eigenvalue weighted by Gasteiger charge is -2.24. The summed E-state index contributed by atoms with van der Waals surface area (Å²) in [7, 11) is -1.43. The number of hydrogen-bond donors (Lipinski definition) is 0. The Kier molecular flexibility index (Phi) is 3.62. The molecule has 0 aromatic heterocycles.